The highest BCUT2D eigenvalue weighted by Gasteiger charge is 2.21. The van der Waals surface area contributed by atoms with Crippen LogP contribution in [-0.4, -0.2) is 34.1 Å². The van der Waals surface area contributed by atoms with E-state index in [4.69, 9.17) is 0 Å². The number of likely N-dealkylation sites (tertiary alicyclic amines) is 1. The Kier molecular flexibility index (Phi) is 4.59. The van der Waals surface area contributed by atoms with E-state index in [-0.39, 0.29) is 0 Å². The Morgan fingerprint density at radius 3 is 3.11 bits per heavy atom. The van der Waals surface area contributed by atoms with Crippen molar-refractivity contribution in [3.05, 3.63) is 30.9 Å². The third-order valence-corrected chi connectivity index (χ3v) is 3.94. The van der Waals surface area contributed by atoms with Gasteiger partial charge in [0, 0.05) is 39.0 Å². The van der Waals surface area contributed by atoms with Gasteiger partial charge >= 0.3 is 0 Å². The summed E-state index contributed by atoms with van der Waals surface area (Å²) in [6, 6.07) is 0. The van der Waals surface area contributed by atoms with E-state index < -0.39 is 0 Å². The molecule has 1 aromatic heterocycles. The van der Waals surface area contributed by atoms with Gasteiger partial charge in [0.05, 0.1) is 0 Å². The molecule has 0 N–H and O–H groups in total. The Balaban J connectivity index is 1.87. The summed E-state index contributed by atoms with van der Waals surface area (Å²) >= 11 is 0. The van der Waals surface area contributed by atoms with Crippen LogP contribution in [0.2, 0.25) is 0 Å². The van der Waals surface area contributed by atoms with E-state index in [1.807, 2.05) is 12.4 Å². The Morgan fingerprint density at radius 2 is 2.44 bits per heavy atom. The zero-order valence-corrected chi connectivity index (χ0v) is 11.7. The SMILES string of the molecule is C=CC(C)CN1CCCC(Cc2nccn2C)C1. The molecule has 2 rings (SSSR count). The monoisotopic (exact) mass is 247 g/mol. The summed E-state index contributed by atoms with van der Waals surface area (Å²) in [6.07, 6.45) is 9.76. The van der Waals surface area contributed by atoms with Crippen LogP contribution in [0.25, 0.3) is 0 Å². The summed E-state index contributed by atoms with van der Waals surface area (Å²) in [5, 5.41) is 0. The highest BCUT2D eigenvalue weighted by atomic mass is 15.1. The Morgan fingerprint density at radius 1 is 1.61 bits per heavy atom. The van der Waals surface area contributed by atoms with Gasteiger partial charge < -0.3 is 9.47 Å². The minimum absolute atomic E-state index is 0.594. The fourth-order valence-electron chi connectivity index (χ4n) is 2.82. The third-order valence-electron chi connectivity index (χ3n) is 3.94. The van der Waals surface area contributed by atoms with Crippen LogP contribution >= 0.6 is 0 Å². The molecule has 1 aliphatic rings. The zero-order valence-electron chi connectivity index (χ0n) is 11.7. The van der Waals surface area contributed by atoms with Crippen molar-refractivity contribution in [1.82, 2.24) is 14.5 Å². The maximum absolute atomic E-state index is 4.44. The van der Waals surface area contributed by atoms with Gasteiger partial charge in [0.25, 0.3) is 0 Å². The molecule has 0 bridgehead atoms. The molecule has 1 aromatic rings. The number of rotatable bonds is 5. The molecular formula is C15H25N3. The van der Waals surface area contributed by atoms with Crippen LogP contribution in [-0.2, 0) is 13.5 Å². The first-order valence-electron chi connectivity index (χ1n) is 7.00. The minimum atomic E-state index is 0.594. The molecule has 1 aliphatic heterocycles. The van der Waals surface area contributed by atoms with Crippen molar-refractivity contribution in [2.75, 3.05) is 19.6 Å². The maximum atomic E-state index is 4.44. The predicted octanol–water partition coefficient (Wildman–Crippen LogP) is 2.50. The van der Waals surface area contributed by atoms with E-state index in [0.717, 1.165) is 18.9 Å². The van der Waals surface area contributed by atoms with Gasteiger partial charge in [-0.1, -0.05) is 13.0 Å². The van der Waals surface area contributed by atoms with Gasteiger partial charge in [-0.25, -0.2) is 4.98 Å². The average molecular weight is 247 g/mol. The molecule has 0 saturated carbocycles. The van der Waals surface area contributed by atoms with Crippen LogP contribution in [0, 0.1) is 11.8 Å². The lowest BCUT2D eigenvalue weighted by Gasteiger charge is -2.33. The van der Waals surface area contributed by atoms with Crippen molar-refractivity contribution in [2.45, 2.75) is 26.2 Å². The first kappa shape index (κ1) is 13.3. The molecule has 3 heteroatoms. The molecule has 0 aliphatic carbocycles. The van der Waals surface area contributed by atoms with Crippen LogP contribution in [0.5, 0.6) is 0 Å². The van der Waals surface area contributed by atoms with Gasteiger partial charge in [-0.15, -0.1) is 6.58 Å². The quantitative estimate of drug-likeness (QED) is 0.745. The largest absolute Gasteiger partial charge is 0.338 e. The summed E-state index contributed by atoms with van der Waals surface area (Å²) in [4.78, 5) is 7.03. The average Bonchev–Trinajstić information content (AvgIpc) is 2.75. The van der Waals surface area contributed by atoms with Crippen LogP contribution in [0.3, 0.4) is 0 Å². The predicted molar refractivity (Wildman–Crippen MR) is 75.4 cm³/mol. The van der Waals surface area contributed by atoms with Crippen LogP contribution < -0.4 is 0 Å². The van der Waals surface area contributed by atoms with Crippen molar-refractivity contribution in [3.63, 3.8) is 0 Å². The molecule has 0 amide bonds. The molecule has 1 saturated heterocycles. The number of nitrogens with zero attached hydrogens (tertiary/aromatic N) is 3. The zero-order chi connectivity index (χ0) is 13.0. The number of imidazole rings is 1. The van der Waals surface area contributed by atoms with Crippen LogP contribution in [0.4, 0.5) is 0 Å². The molecule has 0 aromatic carbocycles. The highest BCUT2D eigenvalue weighted by Crippen LogP contribution is 2.20. The molecule has 18 heavy (non-hydrogen) atoms. The van der Waals surface area contributed by atoms with Gasteiger partial charge in [-0.05, 0) is 31.2 Å². The second kappa shape index (κ2) is 6.19. The van der Waals surface area contributed by atoms with Crippen LogP contribution in [0.15, 0.2) is 25.0 Å². The Bertz CT molecular complexity index is 383. The van der Waals surface area contributed by atoms with Crippen LogP contribution in [0.1, 0.15) is 25.6 Å². The standard InChI is InChI=1S/C15H25N3/c1-4-13(2)11-18-8-5-6-14(12-18)10-15-16-7-9-17(15)3/h4,7,9,13-14H,1,5-6,8,10-12H2,2-3H3. The topological polar surface area (TPSA) is 21.1 Å². The number of hydrogen-bond acceptors (Lipinski definition) is 2. The Labute approximate surface area is 111 Å². The lowest BCUT2D eigenvalue weighted by atomic mass is 9.93. The molecule has 2 atom stereocenters. The molecular weight excluding hydrogens is 222 g/mol. The van der Waals surface area contributed by atoms with Gasteiger partial charge in [-0.2, -0.15) is 0 Å². The number of hydrogen-bond donors (Lipinski definition) is 0. The van der Waals surface area contributed by atoms with Crippen molar-refractivity contribution in [2.24, 2.45) is 18.9 Å². The van der Waals surface area contributed by atoms with Crippen molar-refractivity contribution < 1.29 is 0 Å². The summed E-state index contributed by atoms with van der Waals surface area (Å²) in [6.45, 7) is 9.73. The van der Waals surface area contributed by atoms with E-state index in [9.17, 15) is 0 Å². The first-order valence-corrected chi connectivity index (χ1v) is 7.00. The first-order chi connectivity index (χ1) is 8.69. The summed E-state index contributed by atoms with van der Waals surface area (Å²) in [5.41, 5.74) is 0. The molecule has 2 unspecified atom stereocenters. The number of aryl methyl sites for hydroxylation is 1. The smallest absolute Gasteiger partial charge is 0.108 e. The van der Waals surface area contributed by atoms with E-state index in [1.165, 1.54) is 31.8 Å². The molecule has 0 radical (unpaired) electrons. The normalized spacial score (nSPS) is 22.9. The van der Waals surface area contributed by atoms with E-state index in [0.29, 0.717) is 5.92 Å². The molecule has 0 spiro atoms. The fourth-order valence-corrected chi connectivity index (χ4v) is 2.82. The van der Waals surface area contributed by atoms with Gasteiger partial charge in [0.2, 0.25) is 0 Å². The lowest BCUT2D eigenvalue weighted by Crippen LogP contribution is -2.38. The van der Waals surface area contributed by atoms with Crippen molar-refractivity contribution >= 4 is 0 Å². The molecule has 100 valence electrons. The van der Waals surface area contributed by atoms with Crippen molar-refractivity contribution in [3.8, 4) is 0 Å². The maximum Gasteiger partial charge on any atom is 0.108 e. The lowest BCUT2D eigenvalue weighted by molar-refractivity contribution is 0.161. The summed E-state index contributed by atoms with van der Waals surface area (Å²) < 4.78 is 2.14. The van der Waals surface area contributed by atoms with E-state index in [2.05, 4.69) is 41.1 Å². The van der Waals surface area contributed by atoms with Crippen molar-refractivity contribution in [1.29, 1.82) is 0 Å². The molecule has 2 heterocycles. The third kappa shape index (κ3) is 3.45. The minimum Gasteiger partial charge on any atom is -0.338 e. The van der Waals surface area contributed by atoms with E-state index in [1.54, 1.807) is 0 Å². The van der Waals surface area contributed by atoms with Gasteiger partial charge in [-0.3, -0.25) is 0 Å². The Hall–Kier alpha value is -1.09. The fraction of sp³-hybridized carbons (Fsp3) is 0.667. The van der Waals surface area contributed by atoms with Gasteiger partial charge in [0.15, 0.2) is 0 Å². The molecule has 1 fully saturated rings. The second-order valence-electron chi connectivity index (χ2n) is 5.64. The number of aromatic nitrogens is 2. The summed E-state index contributed by atoms with van der Waals surface area (Å²) in [7, 11) is 2.09. The number of piperidine rings is 1. The highest BCUT2D eigenvalue weighted by molar-refractivity contribution is 4.94. The van der Waals surface area contributed by atoms with Gasteiger partial charge in [0.1, 0.15) is 5.82 Å². The second-order valence-corrected chi connectivity index (χ2v) is 5.64. The van der Waals surface area contributed by atoms with E-state index >= 15 is 0 Å². The molecule has 3 nitrogen and oxygen atoms in total. The summed E-state index contributed by atoms with van der Waals surface area (Å²) in [5.74, 6) is 2.58.